The first kappa shape index (κ1) is 17.8. The lowest BCUT2D eigenvalue weighted by Gasteiger charge is -2.20. The molecule has 21 heavy (non-hydrogen) atoms. The van der Waals surface area contributed by atoms with Gasteiger partial charge in [0, 0.05) is 19.6 Å². The minimum Gasteiger partial charge on any atom is -0.395 e. The molecule has 0 aliphatic carbocycles. The maximum Gasteiger partial charge on any atom is 0.246 e. The smallest absolute Gasteiger partial charge is 0.246 e. The van der Waals surface area contributed by atoms with E-state index in [4.69, 9.17) is 5.11 Å². The number of rotatable bonds is 10. The van der Waals surface area contributed by atoms with Crippen molar-refractivity contribution in [3.8, 4) is 0 Å². The molecule has 0 fully saturated rings. The molecule has 0 amide bonds. The molecule has 0 saturated heterocycles. The Bertz CT molecular complexity index is 505. The Balaban J connectivity index is 2.88. The molecule has 0 saturated carbocycles. The quantitative estimate of drug-likeness (QED) is 0.671. The minimum atomic E-state index is -3.65. The summed E-state index contributed by atoms with van der Waals surface area (Å²) in [6, 6.07) is 0. The summed E-state index contributed by atoms with van der Waals surface area (Å²) in [6.45, 7) is 5.00. The molecule has 0 radical (unpaired) electrons. The van der Waals surface area contributed by atoms with Crippen LogP contribution in [0.2, 0.25) is 0 Å². The van der Waals surface area contributed by atoms with E-state index in [1.807, 2.05) is 13.8 Å². The molecule has 1 rings (SSSR count). The summed E-state index contributed by atoms with van der Waals surface area (Å²) in [7, 11) is -3.65. The van der Waals surface area contributed by atoms with Gasteiger partial charge in [0.1, 0.15) is 4.90 Å². The molecule has 7 nitrogen and oxygen atoms in total. The number of anilines is 1. The predicted molar refractivity (Wildman–Crippen MR) is 81.6 cm³/mol. The number of nitrogens with zero attached hydrogens (tertiary/aromatic N) is 3. The molecule has 0 atom stereocenters. The van der Waals surface area contributed by atoms with Crippen LogP contribution in [0.25, 0.3) is 0 Å². The van der Waals surface area contributed by atoms with Gasteiger partial charge >= 0.3 is 0 Å². The van der Waals surface area contributed by atoms with Gasteiger partial charge in [0.25, 0.3) is 0 Å². The van der Waals surface area contributed by atoms with Crippen molar-refractivity contribution in [2.45, 2.75) is 38.0 Å². The van der Waals surface area contributed by atoms with Gasteiger partial charge in [-0.2, -0.15) is 4.31 Å². The summed E-state index contributed by atoms with van der Waals surface area (Å²) in [5.74, 6) is 0.415. The number of aliphatic hydroxyl groups excluding tert-OH is 1. The highest BCUT2D eigenvalue weighted by Crippen LogP contribution is 2.15. The summed E-state index contributed by atoms with van der Waals surface area (Å²) in [6.07, 6.45) is 5.17. The summed E-state index contributed by atoms with van der Waals surface area (Å²) in [5, 5.41) is 12.0. The molecule has 1 heterocycles. The van der Waals surface area contributed by atoms with Gasteiger partial charge in [0.2, 0.25) is 16.0 Å². The zero-order valence-electron chi connectivity index (χ0n) is 12.6. The number of aromatic nitrogens is 2. The fourth-order valence-corrected chi connectivity index (χ4v) is 3.09. The van der Waals surface area contributed by atoms with Crippen LogP contribution in [0.5, 0.6) is 0 Å². The molecule has 120 valence electrons. The second-order valence-corrected chi connectivity index (χ2v) is 6.59. The Kier molecular flexibility index (Phi) is 7.55. The van der Waals surface area contributed by atoms with E-state index in [9.17, 15) is 8.42 Å². The predicted octanol–water partition coefficient (Wildman–Crippen LogP) is 1.08. The SMILES string of the molecule is CCCCN(CCO)S(=O)(=O)c1cnc(NCCC)nc1. The standard InChI is InChI=1S/C13H24N4O3S/c1-3-5-7-17(8-9-18)21(19,20)12-10-15-13(16-11-12)14-6-4-2/h10-11,18H,3-9H2,1-2H3,(H,14,15,16). The van der Waals surface area contributed by atoms with Crippen molar-refractivity contribution in [3.63, 3.8) is 0 Å². The number of hydrogen-bond donors (Lipinski definition) is 2. The Labute approximate surface area is 126 Å². The van der Waals surface area contributed by atoms with E-state index < -0.39 is 10.0 Å². The highest BCUT2D eigenvalue weighted by molar-refractivity contribution is 7.89. The third-order valence-corrected chi connectivity index (χ3v) is 4.76. The molecule has 0 unspecified atom stereocenters. The average molecular weight is 316 g/mol. The Morgan fingerprint density at radius 2 is 1.86 bits per heavy atom. The van der Waals surface area contributed by atoms with E-state index in [-0.39, 0.29) is 18.0 Å². The van der Waals surface area contributed by atoms with Gasteiger partial charge in [-0.25, -0.2) is 18.4 Å². The topological polar surface area (TPSA) is 95.4 Å². The van der Waals surface area contributed by atoms with Gasteiger partial charge in [-0.15, -0.1) is 0 Å². The first-order chi connectivity index (χ1) is 10.1. The fourth-order valence-electron chi connectivity index (χ4n) is 1.72. The molecule has 0 aliphatic rings. The molecule has 0 aliphatic heterocycles. The normalized spacial score (nSPS) is 11.8. The monoisotopic (exact) mass is 316 g/mol. The van der Waals surface area contributed by atoms with Crippen LogP contribution in [0, 0.1) is 0 Å². The van der Waals surface area contributed by atoms with Gasteiger partial charge in [-0.05, 0) is 12.8 Å². The van der Waals surface area contributed by atoms with E-state index in [0.29, 0.717) is 12.5 Å². The largest absolute Gasteiger partial charge is 0.395 e. The zero-order valence-corrected chi connectivity index (χ0v) is 13.4. The summed E-state index contributed by atoms with van der Waals surface area (Å²) >= 11 is 0. The van der Waals surface area contributed by atoms with Crippen LogP contribution in [0.15, 0.2) is 17.3 Å². The van der Waals surface area contributed by atoms with E-state index in [1.54, 1.807) is 0 Å². The number of unbranched alkanes of at least 4 members (excludes halogenated alkanes) is 1. The van der Waals surface area contributed by atoms with Crippen LogP contribution >= 0.6 is 0 Å². The number of aliphatic hydroxyl groups is 1. The Hall–Kier alpha value is -1.25. The van der Waals surface area contributed by atoms with Crippen LogP contribution < -0.4 is 5.32 Å². The van der Waals surface area contributed by atoms with Gasteiger partial charge in [0.15, 0.2) is 0 Å². The number of sulfonamides is 1. The molecule has 2 N–H and O–H groups in total. The van der Waals surface area contributed by atoms with E-state index in [0.717, 1.165) is 25.8 Å². The number of nitrogens with one attached hydrogen (secondary N) is 1. The lowest BCUT2D eigenvalue weighted by atomic mass is 10.3. The third-order valence-electron chi connectivity index (χ3n) is 2.91. The van der Waals surface area contributed by atoms with E-state index in [2.05, 4.69) is 15.3 Å². The summed E-state index contributed by atoms with van der Waals surface area (Å²) < 4.78 is 26.2. The molecule has 0 spiro atoms. The molecule has 0 aromatic carbocycles. The Morgan fingerprint density at radius 3 is 2.38 bits per heavy atom. The maximum absolute atomic E-state index is 12.5. The summed E-state index contributed by atoms with van der Waals surface area (Å²) in [4.78, 5) is 8.08. The van der Waals surface area contributed by atoms with Gasteiger partial charge in [-0.1, -0.05) is 20.3 Å². The molecule has 1 aromatic heterocycles. The van der Waals surface area contributed by atoms with Gasteiger partial charge < -0.3 is 10.4 Å². The average Bonchev–Trinajstić information content (AvgIpc) is 2.49. The molecule has 0 bridgehead atoms. The van der Waals surface area contributed by atoms with Crippen LogP contribution in [0.1, 0.15) is 33.1 Å². The van der Waals surface area contributed by atoms with Crippen molar-refractivity contribution < 1.29 is 13.5 Å². The van der Waals surface area contributed by atoms with Gasteiger partial charge in [-0.3, -0.25) is 0 Å². The van der Waals surface area contributed by atoms with Crippen molar-refractivity contribution >= 4 is 16.0 Å². The number of hydrogen-bond acceptors (Lipinski definition) is 6. The lowest BCUT2D eigenvalue weighted by Crippen LogP contribution is -2.34. The second kappa shape index (κ2) is 8.91. The first-order valence-corrected chi connectivity index (χ1v) is 8.67. The molecular weight excluding hydrogens is 292 g/mol. The van der Waals surface area contributed by atoms with Crippen LogP contribution in [0.4, 0.5) is 5.95 Å². The highest BCUT2D eigenvalue weighted by Gasteiger charge is 2.24. The molecule has 1 aromatic rings. The first-order valence-electron chi connectivity index (χ1n) is 7.23. The van der Waals surface area contributed by atoms with Crippen LogP contribution in [0.3, 0.4) is 0 Å². The van der Waals surface area contributed by atoms with Crippen molar-refractivity contribution in [2.75, 3.05) is 31.6 Å². The van der Waals surface area contributed by atoms with Crippen molar-refractivity contribution in [1.82, 2.24) is 14.3 Å². The van der Waals surface area contributed by atoms with Crippen LogP contribution in [-0.4, -0.2) is 54.0 Å². The Morgan fingerprint density at radius 1 is 1.19 bits per heavy atom. The van der Waals surface area contributed by atoms with E-state index in [1.165, 1.54) is 16.7 Å². The van der Waals surface area contributed by atoms with E-state index >= 15 is 0 Å². The van der Waals surface area contributed by atoms with Crippen molar-refractivity contribution in [1.29, 1.82) is 0 Å². The summed E-state index contributed by atoms with van der Waals surface area (Å²) in [5.41, 5.74) is 0. The second-order valence-electron chi connectivity index (χ2n) is 4.65. The van der Waals surface area contributed by atoms with Crippen molar-refractivity contribution in [2.24, 2.45) is 0 Å². The highest BCUT2D eigenvalue weighted by atomic mass is 32.2. The zero-order chi connectivity index (χ0) is 15.7. The lowest BCUT2D eigenvalue weighted by molar-refractivity contribution is 0.252. The fraction of sp³-hybridized carbons (Fsp3) is 0.692. The molecular formula is C13H24N4O3S. The molecule has 8 heteroatoms. The maximum atomic E-state index is 12.5. The van der Waals surface area contributed by atoms with Gasteiger partial charge in [0.05, 0.1) is 19.0 Å². The van der Waals surface area contributed by atoms with Crippen LogP contribution in [-0.2, 0) is 10.0 Å². The van der Waals surface area contributed by atoms with Crippen molar-refractivity contribution in [3.05, 3.63) is 12.4 Å². The minimum absolute atomic E-state index is 0.0501. The third kappa shape index (κ3) is 5.22.